The molecule has 0 saturated heterocycles. The van der Waals surface area contributed by atoms with Crippen LogP contribution in [0.4, 0.5) is 5.82 Å². The predicted molar refractivity (Wildman–Crippen MR) is 67.1 cm³/mol. The average molecular weight is 268 g/mol. The van der Waals surface area contributed by atoms with Crippen LogP contribution in [-0.4, -0.2) is 48.6 Å². The highest BCUT2D eigenvalue weighted by Crippen LogP contribution is 1.98. The molecule has 0 spiro atoms. The lowest BCUT2D eigenvalue weighted by Crippen LogP contribution is -2.38. The van der Waals surface area contributed by atoms with Crippen LogP contribution in [0.1, 0.15) is 10.5 Å². The number of hydrogen-bond donors (Lipinski definition) is 4. The van der Waals surface area contributed by atoms with E-state index in [0.717, 1.165) is 0 Å². The average Bonchev–Trinajstić information content (AvgIpc) is 2.45. The first-order chi connectivity index (χ1) is 9.17. The predicted octanol–water partition coefficient (Wildman–Crippen LogP) is -1.75. The van der Waals surface area contributed by atoms with Gasteiger partial charge in [0.25, 0.3) is 5.91 Å². The third-order valence-electron chi connectivity index (χ3n) is 2.07. The van der Waals surface area contributed by atoms with Crippen molar-refractivity contribution < 1.29 is 14.3 Å². The van der Waals surface area contributed by atoms with Crippen LogP contribution >= 0.6 is 0 Å². The fourth-order valence-electron chi connectivity index (χ4n) is 1.13. The second kappa shape index (κ2) is 7.95. The van der Waals surface area contributed by atoms with E-state index >= 15 is 0 Å². The molecule has 1 rings (SSSR count). The van der Waals surface area contributed by atoms with Gasteiger partial charge in [0, 0.05) is 13.7 Å². The van der Waals surface area contributed by atoms with Gasteiger partial charge in [-0.15, -0.1) is 0 Å². The number of amides is 2. The number of hydrazine groups is 1. The quantitative estimate of drug-likeness (QED) is 0.262. The van der Waals surface area contributed by atoms with Crippen LogP contribution in [0.2, 0.25) is 0 Å². The first kappa shape index (κ1) is 14.8. The molecule has 0 atom stereocenters. The lowest BCUT2D eigenvalue weighted by atomic mass is 10.4. The first-order valence-electron chi connectivity index (χ1n) is 5.50. The lowest BCUT2D eigenvalue weighted by molar-refractivity contribution is -0.120. The molecule has 5 N–H and O–H groups in total. The molecule has 0 radical (unpaired) electrons. The summed E-state index contributed by atoms with van der Waals surface area (Å²) in [7, 11) is 1.53. The molecule has 1 aromatic heterocycles. The number of anilines is 1. The Morgan fingerprint density at radius 2 is 2.11 bits per heavy atom. The fourth-order valence-corrected chi connectivity index (χ4v) is 1.13. The second-order valence-corrected chi connectivity index (χ2v) is 3.46. The Balaban J connectivity index is 2.35. The molecule has 2 amide bonds. The van der Waals surface area contributed by atoms with Gasteiger partial charge < -0.3 is 20.8 Å². The zero-order chi connectivity index (χ0) is 14.1. The maximum atomic E-state index is 11.6. The summed E-state index contributed by atoms with van der Waals surface area (Å²) in [5, 5.41) is 4.98. The normalized spacial score (nSPS) is 9.79. The molecule has 0 fully saturated rings. The number of carbonyl (C=O) groups excluding carboxylic acids is 2. The van der Waals surface area contributed by atoms with Crippen LogP contribution in [0.5, 0.6) is 0 Å². The topological polar surface area (TPSA) is 131 Å². The van der Waals surface area contributed by atoms with Crippen LogP contribution in [0.15, 0.2) is 12.4 Å². The molecule has 0 aliphatic rings. The number of nitrogens with one attached hydrogen (secondary N) is 3. The molecule has 9 nitrogen and oxygen atoms in total. The van der Waals surface area contributed by atoms with Gasteiger partial charge in [0.1, 0.15) is 5.69 Å². The van der Waals surface area contributed by atoms with Gasteiger partial charge in [-0.25, -0.2) is 15.8 Å². The Kier molecular flexibility index (Phi) is 6.19. The molecule has 104 valence electrons. The number of aromatic nitrogens is 2. The van der Waals surface area contributed by atoms with Gasteiger partial charge >= 0.3 is 0 Å². The molecule has 9 heteroatoms. The molecule has 0 aliphatic carbocycles. The van der Waals surface area contributed by atoms with E-state index in [0.29, 0.717) is 19.0 Å². The van der Waals surface area contributed by atoms with Crippen LogP contribution < -0.4 is 21.9 Å². The zero-order valence-corrected chi connectivity index (χ0v) is 10.5. The Hall–Kier alpha value is -2.26. The Morgan fingerprint density at radius 1 is 1.32 bits per heavy atom. The van der Waals surface area contributed by atoms with E-state index in [2.05, 4.69) is 26.0 Å². The van der Waals surface area contributed by atoms with E-state index in [9.17, 15) is 9.59 Å². The molecule has 1 heterocycles. The summed E-state index contributed by atoms with van der Waals surface area (Å²) < 4.78 is 4.77. The van der Waals surface area contributed by atoms with E-state index in [1.54, 1.807) is 0 Å². The van der Waals surface area contributed by atoms with E-state index in [1.165, 1.54) is 19.5 Å². The van der Waals surface area contributed by atoms with Crippen molar-refractivity contribution in [3.8, 4) is 0 Å². The molecule has 0 aromatic carbocycles. The molecule has 0 aliphatic heterocycles. The number of hydrogen-bond acceptors (Lipinski definition) is 7. The summed E-state index contributed by atoms with van der Waals surface area (Å²) in [5.74, 6) is 4.66. The summed E-state index contributed by atoms with van der Waals surface area (Å²) >= 11 is 0. The van der Waals surface area contributed by atoms with Crippen molar-refractivity contribution in [2.75, 3.05) is 32.2 Å². The van der Waals surface area contributed by atoms with Crippen LogP contribution in [-0.2, 0) is 9.53 Å². The van der Waals surface area contributed by atoms with Crippen molar-refractivity contribution >= 4 is 17.6 Å². The number of methoxy groups -OCH3 is 1. The molecule has 1 aromatic rings. The number of carbonyl (C=O) groups is 2. The number of nitrogens with zero attached hydrogens (tertiary/aromatic N) is 2. The molecule has 19 heavy (non-hydrogen) atoms. The van der Waals surface area contributed by atoms with E-state index in [1.807, 2.05) is 0 Å². The highest BCUT2D eigenvalue weighted by molar-refractivity contribution is 5.94. The maximum absolute atomic E-state index is 11.6. The smallest absolute Gasteiger partial charge is 0.271 e. The van der Waals surface area contributed by atoms with Crippen LogP contribution in [0.25, 0.3) is 0 Å². The van der Waals surface area contributed by atoms with E-state index in [-0.39, 0.29) is 18.1 Å². The van der Waals surface area contributed by atoms with Crippen molar-refractivity contribution in [1.82, 2.24) is 20.6 Å². The minimum absolute atomic E-state index is 0.101. The Labute approximate surface area is 109 Å². The standard InChI is InChI=1S/C10H16N6O3/c1-19-3-2-12-9(17)6-15-10(18)7-4-14-8(16-11)5-13-7/h4-5H,2-3,6,11H2,1H3,(H,12,17)(H,14,16)(H,15,18). The van der Waals surface area contributed by atoms with Gasteiger partial charge in [-0.1, -0.05) is 0 Å². The highest BCUT2D eigenvalue weighted by Gasteiger charge is 2.09. The third-order valence-corrected chi connectivity index (χ3v) is 2.07. The molecule has 0 unspecified atom stereocenters. The molecular formula is C10H16N6O3. The van der Waals surface area contributed by atoms with Gasteiger partial charge in [0.15, 0.2) is 5.82 Å². The van der Waals surface area contributed by atoms with E-state index < -0.39 is 5.91 Å². The largest absolute Gasteiger partial charge is 0.383 e. The summed E-state index contributed by atoms with van der Waals surface area (Å²) in [6.07, 6.45) is 2.57. The van der Waals surface area contributed by atoms with Crippen molar-refractivity contribution in [2.24, 2.45) is 5.84 Å². The van der Waals surface area contributed by atoms with Gasteiger partial charge in [-0.05, 0) is 0 Å². The number of nitrogens with two attached hydrogens (primary N) is 1. The Morgan fingerprint density at radius 3 is 2.68 bits per heavy atom. The van der Waals surface area contributed by atoms with Gasteiger partial charge in [0.2, 0.25) is 5.91 Å². The van der Waals surface area contributed by atoms with Crippen LogP contribution in [0.3, 0.4) is 0 Å². The maximum Gasteiger partial charge on any atom is 0.271 e. The number of nitrogen functional groups attached to an aromatic ring is 1. The zero-order valence-electron chi connectivity index (χ0n) is 10.5. The van der Waals surface area contributed by atoms with Gasteiger partial charge in [0.05, 0.1) is 25.5 Å². The minimum Gasteiger partial charge on any atom is -0.383 e. The fraction of sp³-hybridized carbons (Fsp3) is 0.400. The first-order valence-corrected chi connectivity index (χ1v) is 5.50. The van der Waals surface area contributed by atoms with Crippen LogP contribution in [0, 0.1) is 0 Å². The SMILES string of the molecule is COCCNC(=O)CNC(=O)c1cnc(NN)cn1. The minimum atomic E-state index is -0.488. The molecule has 0 bridgehead atoms. The Bertz CT molecular complexity index is 422. The van der Waals surface area contributed by atoms with E-state index in [4.69, 9.17) is 10.6 Å². The lowest BCUT2D eigenvalue weighted by Gasteiger charge is -2.06. The summed E-state index contributed by atoms with van der Waals surface area (Å²) in [5.41, 5.74) is 2.39. The highest BCUT2D eigenvalue weighted by atomic mass is 16.5. The van der Waals surface area contributed by atoms with Crippen molar-refractivity contribution in [3.63, 3.8) is 0 Å². The second-order valence-electron chi connectivity index (χ2n) is 3.46. The molecular weight excluding hydrogens is 252 g/mol. The van der Waals surface area contributed by atoms with Gasteiger partial charge in [-0.3, -0.25) is 9.59 Å². The summed E-state index contributed by atoms with van der Waals surface area (Å²) in [6.45, 7) is 0.668. The monoisotopic (exact) mass is 268 g/mol. The number of ether oxygens (including phenoxy) is 1. The molecule has 0 saturated carbocycles. The number of rotatable bonds is 7. The summed E-state index contributed by atoms with van der Waals surface area (Å²) in [6, 6.07) is 0. The van der Waals surface area contributed by atoms with Crippen molar-refractivity contribution in [3.05, 3.63) is 18.1 Å². The summed E-state index contributed by atoms with van der Waals surface area (Å²) in [4.78, 5) is 30.6. The third kappa shape index (κ3) is 5.27. The van der Waals surface area contributed by atoms with Crippen molar-refractivity contribution in [1.29, 1.82) is 0 Å². The van der Waals surface area contributed by atoms with Gasteiger partial charge in [-0.2, -0.15) is 0 Å². The van der Waals surface area contributed by atoms with Crippen molar-refractivity contribution in [2.45, 2.75) is 0 Å².